The van der Waals surface area contributed by atoms with Crippen molar-refractivity contribution in [2.75, 3.05) is 13.2 Å². The summed E-state index contributed by atoms with van der Waals surface area (Å²) in [5, 5.41) is 12.5. The molecule has 1 aliphatic rings. The van der Waals surface area contributed by atoms with E-state index in [1.807, 2.05) is 39.0 Å². The molecule has 0 bridgehead atoms. The van der Waals surface area contributed by atoms with Crippen LogP contribution in [0, 0.1) is 19.3 Å². The van der Waals surface area contributed by atoms with Crippen molar-refractivity contribution >= 4 is 5.91 Å². The van der Waals surface area contributed by atoms with Gasteiger partial charge in [-0.3, -0.25) is 4.79 Å². The molecule has 0 aliphatic heterocycles. The molecule has 2 rings (SSSR count). The molecule has 1 aromatic rings. The van der Waals surface area contributed by atoms with Gasteiger partial charge in [0.25, 0.3) is 5.91 Å². The SMILES string of the molecule is Cc1ccc(OCC(=O)NC2CCCC2(C)CO)cc1C. The number of carbonyl (C=O) groups is 1. The Morgan fingerprint density at radius 3 is 2.86 bits per heavy atom. The number of nitrogens with one attached hydrogen (secondary N) is 1. The summed E-state index contributed by atoms with van der Waals surface area (Å²) < 4.78 is 5.54. The van der Waals surface area contributed by atoms with Crippen molar-refractivity contribution in [2.24, 2.45) is 5.41 Å². The second-order valence-corrected chi connectivity index (χ2v) is 6.36. The lowest BCUT2D eigenvalue weighted by Crippen LogP contribution is -2.46. The summed E-state index contributed by atoms with van der Waals surface area (Å²) in [6.07, 6.45) is 2.92. The van der Waals surface area contributed by atoms with Gasteiger partial charge >= 0.3 is 0 Å². The van der Waals surface area contributed by atoms with Crippen molar-refractivity contribution in [1.82, 2.24) is 5.32 Å². The Hall–Kier alpha value is -1.55. The number of aliphatic hydroxyl groups excluding tert-OH is 1. The van der Waals surface area contributed by atoms with E-state index in [0.29, 0.717) is 5.75 Å². The van der Waals surface area contributed by atoms with Gasteiger partial charge < -0.3 is 15.2 Å². The van der Waals surface area contributed by atoms with Crippen LogP contribution in [-0.4, -0.2) is 30.3 Å². The molecule has 0 radical (unpaired) electrons. The minimum atomic E-state index is -0.198. The molecule has 0 aromatic heterocycles. The predicted octanol–water partition coefficient (Wildman–Crippen LogP) is 2.35. The number of aliphatic hydroxyl groups is 1. The fourth-order valence-corrected chi connectivity index (χ4v) is 2.86. The summed E-state index contributed by atoms with van der Waals surface area (Å²) in [5.74, 6) is 0.587. The lowest BCUT2D eigenvalue weighted by atomic mass is 9.86. The van der Waals surface area contributed by atoms with Crippen LogP contribution in [0.4, 0.5) is 0 Å². The molecule has 0 saturated heterocycles. The third kappa shape index (κ3) is 3.76. The maximum atomic E-state index is 12.0. The highest BCUT2D eigenvalue weighted by molar-refractivity contribution is 5.78. The second kappa shape index (κ2) is 6.48. The number of ether oxygens (including phenoxy) is 1. The molecule has 21 heavy (non-hydrogen) atoms. The Bertz CT molecular complexity index is 515. The molecule has 1 aromatic carbocycles. The normalized spacial score (nSPS) is 24.9. The molecule has 2 atom stereocenters. The van der Waals surface area contributed by atoms with Crippen LogP contribution in [0.3, 0.4) is 0 Å². The monoisotopic (exact) mass is 291 g/mol. The van der Waals surface area contributed by atoms with E-state index in [-0.39, 0.29) is 30.6 Å². The Kier molecular flexibility index (Phi) is 4.88. The van der Waals surface area contributed by atoms with Crippen molar-refractivity contribution < 1.29 is 14.6 Å². The van der Waals surface area contributed by atoms with Crippen LogP contribution in [-0.2, 0) is 4.79 Å². The van der Waals surface area contributed by atoms with Crippen LogP contribution in [0.15, 0.2) is 18.2 Å². The fraction of sp³-hybridized carbons (Fsp3) is 0.588. The quantitative estimate of drug-likeness (QED) is 0.875. The zero-order valence-electron chi connectivity index (χ0n) is 13.1. The lowest BCUT2D eigenvalue weighted by molar-refractivity contribution is -0.124. The van der Waals surface area contributed by atoms with Gasteiger partial charge in [0.15, 0.2) is 6.61 Å². The first kappa shape index (κ1) is 15.8. The Balaban J connectivity index is 1.86. The zero-order valence-corrected chi connectivity index (χ0v) is 13.1. The van der Waals surface area contributed by atoms with Gasteiger partial charge in [-0.25, -0.2) is 0 Å². The van der Waals surface area contributed by atoms with E-state index in [1.165, 1.54) is 5.56 Å². The first-order valence-corrected chi connectivity index (χ1v) is 7.55. The van der Waals surface area contributed by atoms with Crippen molar-refractivity contribution in [1.29, 1.82) is 0 Å². The minimum absolute atomic E-state index is 0.0144. The molecule has 1 fully saturated rings. The molecule has 2 unspecified atom stereocenters. The van der Waals surface area contributed by atoms with Crippen molar-refractivity contribution in [3.8, 4) is 5.75 Å². The number of rotatable bonds is 5. The molecule has 4 nitrogen and oxygen atoms in total. The second-order valence-electron chi connectivity index (χ2n) is 6.36. The summed E-state index contributed by atoms with van der Waals surface area (Å²) in [6, 6.07) is 5.85. The third-order valence-electron chi connectivity index (χ3n) is 4.63. The smallest absolute Gasteiger partial charge is 0.258 e. The van der Waals surface area contributed by atoms with Crippen LogP contribution >= 0.6 is 0 Å². The number of carbonyl (C=O) groups excluding carboxylic acids is 1. The number of hydrogen-bond donors (Lipinski definition) is 2. The van der Waals surface area contributed by atoms with Crippen molar-refractivity contribution in [2.45, 2.75) is 46.1 Å². The van der Waals surface area contributed by atoms with E-state index in [9.17, 15) is 9.90 Å². The van der Waals surface area contributed by atoms with E-state index in [4.69, 9.17) is 4.74 Å². The molecule has 1 saturated carbocycles. The largest absolute Gasteiger partial charge is 0.484 e. The average molecular weight is 291 g/mol. The number of hydrogen-bond acceptors (Lipinski definition) is 3. The van der Waals surface area contributed by atoms with Gasteiger partial charge in [-0.1, -0.05) is 19.4 Å². The Morgan fingerprint density at radius 1 is 1.43 bits per heavy atom. The molecular weight excluding hydrogens is 266 g/mol. The minimum Gasteiger partial charge on any atom is -0.484 e. The Labute approximate surface area is 126 Å². The Morgan fingerprint density at radius 2 is 2.19 bits per heavy atom. The first-order chi connectivity index (χ1) is 9.94. The van der Waals surface area contributed by atoms with Crippen molar-refractivity contribution in [3.05, 3.63) is 29.3 Å². The van der Waals surface area contributed by atoms with Gasteiger partial charge in [-0.2, -0.15) is 0 Å². The van der Waals surface area contributed by atoms with Crippen molar-refractivity contribution in [3.63, 3.8) is 0 Å². The lowest BCUT2D eigenvalue weighted by Gasteiger charge is -2.30. The van der Waals surface area contributed by atoms with Gasteiger partial charge in [0.05, 0.1) is 6.61 Å². The van der Waals surface area contributed by atoms with Gasteiger partial charge in [0, 0.05) is 11.5 Å². The van der Waals surface area contributed by atoms with E-state index < -0.39 is 0 Å². The van der Waals surface area contributed by atoms with Crippen LogP contribution < -0.4 is 10.1 Å². The number of benzene rings is 1. The first-order valence-electron chi connectivity index (χ1n) is 7.55. The molecular formula is C17H25NO3. The molecule has 0 heterocycles. The molecule has 1 aliphatic carbocycles. The summed E-state index contributed by atoms with van der Waals surface area (Å²) in [5.41, 5.74) is 2.16. The topological polar surface area (TPSA) is 58.6 Å². The van der Waals surface area contributed by atoms with E-state index in [0.717, 1.165) is 24.8 Å². The van der Waals surface area contributed by atoms with E-state index >= 15 is 0 Å². The van der Waals surface area contributed by atoms with Gasteiger partial charge in [0.1, 0.15) is 5.75 Å². The molecule has 1 amide bonds. The summed E-state index contributed by atoms with van der Waals surface area (Å²) in [6.45, 7) is 6.21. The van der Waals surface area contributed by atoms with Gasteiger partial charge in [-0.15, -0.1) is 0 Å². The maximum Gasteiger partial charge on any atom is 0.258 e. The molecule has 4 heteroatoms. The molecule has 116 valence electrons. The zero-order chi connectivity index (χ0) is 15.5. The molecule has 0 spiro atoms. The number of amides is 1. The summed E-state index contributed by atoms with van der Waals surface area (Å²) in [4.78, 5) is 12.0. The van der Waals surface area contributed by atoms with Crippen LogP contribution in [0.1, 0.15) is 37.3 Å². The van der Waals surface area contributed by atoms with Gasteiger partial charge in [0.2, 0.25) is 0 Å². The summed E-state index contributed by atoms with van der Waals surface area (Å²) >= 11 is 0. The van der Waals surface area contributed by atoms with Crippen LogP contribution in [0.25, 0.3) is 0 Å². The highest BCUT2D eigenvalue weighted by Gasteiger charge is 2.39. The van der Waals surface area contributed by atoms with Crippen LogP contribution in [0.2, 0.25) is 0 Å². The third-order valence-corrected chi connectivity index (χ3v) is 4.63. The highest BCUT2D eigenvalue weighted by Crippen LogP contribution is 2.37. The van der Waals surface area contributed by atoms with Gasteiger partial charge in [-0.05, 0) is 49.9 Å². The number of aryl methyl sites for hydroxylation is 2. The predicted molar refractivity (Wildman–Crippen MR) is 82.4 cm³/mol. The van der Waals surface area contributed by atoms with E-state index in [1.54, 1.807) is 0 Å². The molecule has 2 N–H and O–H groups in total. The standard InChI is InChI=1S/C17H25NO3/c1-12-6-7-14(9-13(12)2)21-10-16(20)18-15-5-4-8-17(15,3)11-19/h6-7,9,15,19H,4-5,8,10-11H2,1-3H3,(H,18,20). The van der Waals surface area contributed by atoms with E-state index in [2.05, 4.69) is 5.32 Å². The fourth-order valence-electron chi connectivity index (χ4n) is 2.86. The van der Waals surface area contributed by atoms with Crippen LogP contribution in [0.5, 0.6) is 5.75 Å². The summed E-state index contributed by atoms with van der Waals surface area (Å²) in [7, 11) is 0. The maximum absolute atomic E-state index is 12.0. The average Bonchev–Trinajstić information content (AvgIpc) is 2.82. The highest BCUT2D eigenvalue weighted by atomic mass is 16.5.